The molecule has 0 bridgehead atoms. The van der Waals surface area contributed by atoms with E-state index in [4.69, 9.17) is 0 Å². The normalized spacial score (nSPS) is 17.8. The van der Waals surface area contributed by atoms with Crippen molar-refractivity contribution in [2.24, 2.45) is 5.92 Å². The Hall–Kier alpha value is -0.840. The predicted molar refractivity (Wildman–Crippen MR) is 73.1 cm³/mol. The third kappa shape index (κ3) is 4.50. The molecule has 1 fully saturated rings. The van der Waals surface area contributed by atoms with Crippen molar-refractivity contribution in [2.75, 3.05) is 18.4 Å². The van der Waals surface area contributed by atoms with Crippen LogP contribution in [0.15, 0.2) is 18.3 Å². The van der Waals surface area contributed by atoms with Crippen molar-refractivity contribution in [1.29, 1.82) is 0 Å². The number of aromatic nitrogens is 1. The Balaban J connectivity index is 0.00000128. The number of hydrogen-bond donors (Lipinski definition) is 2. The summed E-state index contributed by atoms with van der Waals surface area (Å²) in [6.45, 7) is 3.68. The maximum absolute atomic E-state index is 11.7. The zero-order valence-electron chi connectivity index (χ0n) is 9.60. The van der Waals surface area contributed by atoms with E-state index in [-0.39, 0.29) is 36.6 Å². The van der Waals surface area contributed by atoms with Crippen LogP contribution in [0.2, 0.25) is 0 Å². The van der Waals surface area contributed by atoms with E-state index in [1.54, 1.807) is 6.20 Å². The number of halogens is 2. The third-order valence-corrected chi connectivity index (χ3v) is 2.59. The molecule has 1 aliphatic rings. The number of carbonyl (C=O) groups excluding carboxylic acids is 1. The smallest absolute Gasteiger partial charge is 0.229 e. The first-order valence-electron chi connectivity index (χ1n) is 5.20. The second kappa shape index (κ2) is 7.48. The van der Waals surface area contributed by atoms with Crippen molar-refractivity contribution in [1.82, 2.24) is 10.3 Å². The summed E-state index contributed by atoms with van der Waals surface area (Å²) in [5.74, 6) is 0.793. The molecular formula is C11H17Cl2N3O. The molecule has 0 aliphatic carbocycles. The molecule has 2 rings (SSSR count). The van der Waals surface area contributed by atoms with E-state index in [9.17, 15) is 4.79 Å². The minimum Gasteiger partial charge on any atom is -0.316 e. The van der Waals surface area contributed by atoms with Crippen LogP contribution in [0.3, 0.4) is 0 Å². The molecule has 0 radical (unpaired) electrons. The van der Waals surface area contributed by atoms with Gasteiger partial charge in [0.2, 0.25) is 5.91 Å². The molecule has 1 amide bonds. The maximum atomic E-state index is 11.7. The number of hydrogen-bond acceptors (Lipinski definition) is 3. The van der Waals surface area contributed by atoms with Gasteiger partial charge in [0.15, 0.2) is 0 Å². The molecule has 1 aromatic heterocycles. The largest absolute Gasteiger partial charge is 0.316 e. The molecule has 0 saturated carbocycles. The molecule has 2 N–H and O–H groups in total. The number of anilines is 1. The van der Waals surface area contributed by atoms with Gasteiger partial charge < -0.3 is 10.6 Å². The molecule has 1 aromatic rings. The lowest BCUT2D eigenvalue weighted by Crippen LogP contribution is -2.24. The first-order valence-corrected chi connectivity index (χ1v) is 5.20. The van der Waals surface area contributed by atoms with Crippen LogP contribution >= 0.6 is 24.8 Å². The molecule has 96 valence electrons. The van der Waals surface area contributed by atoms with E-state index >= 15 is 0 Å². The van der Waals surface area contributed by atoms with Crippen molar-refractivity contribution in [3.05, 3.63) is 23.9 Å². The van der Waals surface area contributed by atoms with Crippen LogP contribution in [-0.4, -0.2) is 24.0 Å². The van der Waals surface area contributed by atoms with Gasteiger partial charge in [-0.15, -0.1) is 24.8 Å². The second-order valence-electron chi connectivity index (χ2n) is 3.90. The van der Waals surface area contributed by atoms with E-state index in [2.05, 4.69) is 15.6 Å². The van der Waals surface area contributed by atoms with E-state index in [1.807, 2.05) is 19.1 Å². The average molecular weight is 278 g/mol. The Kier molecular flexibility index (Phi) is 7.11. The zero-order chi connectivity index (χ0) is 10.7. The highest BCUT2D eigenvalue weighted by Crippen LogP contribution is 2.11. The van der Waals surface area contributed by atoms with Crippen molar-refractivity contribution in [2.45, 2.75) is 13.3 Å². The number of pyridine rings is 1. The number of amides is 1. The molecule has 6 heteroatoms. The van der Waals surface area contributed by atoms with E-state index in [1.165, 1.54) is 0 Å². The minimum absolute atomic E-state index is 0. The molecule has 0 spiro atoms. The standard InChI is InChI=1S/C11H15N3O.2ClH/c1-8-2-3-10(13-6-8)14-11(15)9-4-5-12-7-9;;/h2-3,6,9,12H,4-5,7H2,1H3,(H,13,14,15);2*1H. The summed E-state index contributed by atoms with van der Waals surface area (Å²) < 4.78 is 0. The van der Waals surface area contributed by atoms with Crippen LogP contribution in [0.4, 0.5) is 5.82 Å². The van der Waals surface area contributed by atoms with Crippen molar-refractivity contribution in [3.8, 4) is 0 Å². The van der Waals surface area contributed by atoms with Crippen molar-refractivity contribution in [3.63, 3.8) is 0 Å². The fourth-order valence-electron chi connectivity index (χ4n) is 1.65. The maximum Gasteiger partial charge on any atom is 0.229 e. The van der Waals surface area contributed by atoms with Gasteiger partial charge in [-0.2, -0.15) is 0 Å². The minimum atomic E-state index is 0. The Morgan fingerprint density at radius 2 is 2.24 bits per heavy atom. The lowest BCUT2D eigenvalue weighted by molar-refractivity contribution is -0.119. The number of carbonyl (C=O) groups is 1. The Bertz CT molecular complexity index is 350. The molecule has 1 aliphatic heterocycles. The van der Waals surface area contributed by atoms with Gasteiger partial charge in [0.25, 0.3) is 0 Å². The Morgan fingerprint density at radius 3 is 2.76 bits per heavy atom. The zero-order valence-corrected chi connectivity index (χ0v) is 11.2. The van der Waals surface area contributed by atoms with Gasteiger partial charge in [0.05, 0.1) is 5.92 Å². The monoisotopic (exact) mass is 277 g/mol. The second-order valence-corrected chi connectivity index (χ2v) is 3.90. The summed E-state index contributed by atoms with van der Waals surface area (Å²) in [5.41, 5.74) is 1.09. The van der Waals surface area contributed by atoms with Gasteiger partial charge in [-0.3, -0.25) is 4.79 Å². The van der Waals surface area contributed by atoms with Crippen LogP contribution in [-0.2, 0) is 4.79 Å². The van der Waals surface area contributed by atoms with Crippen LogP contribution in [0.5, 0.6) is 0 Å². The summed E-state index contributed by atoms with van der Waals surface area (Å²) in [6.07, 6.45) is 2.67. The molecule has 1 saturated heterocycles. The topological polar surface area (TPSA) is 54.0 Å². The summed E-state index contributed by atoms with van der Waals surface area (Å²) in [7, 11) is 0. The van der Waals surface area contributed by atoms with E-state index in [0.29, 0.717) is 5.82 Å². The molecule has 1 unspecified atom stereocenters. The molecule has 1 atom stereocenters. The van der Waals surface area contributed by atoms with Gasteiger partial charge >= 0.3 is 0 Å². The quantitative estimate of drug-likeness (QED) is 0.867. The molecule has 17 heavy (non-hydrogen) atoms. The van der Waals surface area contributed by atoms with Gasteiger partial charge in [0.1, 0.15) is 5.82 Å². The highest BCUT2D eigenvalue weighted by molar-refractivity contribution is 5.92. The molecule has 0 aromatic carbocycles. The highest BCUT2D eigenvalue weighted by atomic mass is 35.5. The van der Waals surface area contributed by atoms with Gasteiger partial charge in [-0.25, -0.2) is 4.98 Å². The summed E-state index contributed by atoms with van der Waals surface area (Å²) in [6, 6.07) is 3.77. The molecule has 2 heterocycles. The highest BCUT2D eigenvalue weighted by Gasteiger charge is 2.22. The van der Waals surface area contributed by atoms with Crippen LogP contribution in [0.25, 0.3) is 0 Å². The van der Waals surface area contributed by atoms with Crippen LogP contribution < -0.4 is 10.6 Å². The van der Waals surface area contributed by atoms with E-state index < -0.39 is 0 Å². The number of rotatable bonds is 2. The van der Waals surface area contributed by atoms with Crippen LogP contribution in [0.1, 0.15) is 12.0 Å². The summed E-state index contributed by atoms with van der Waals surface area (Å²) in [4.78, 5) is 15.8. The van der Waals surface area contributed by atoms with E-state index in [0.717, 1.165) is 25.1 Å². The predicted octanol–water partition coefficient (Wildman–Crippen LogP) is 1.78. The summed E-state index contributed by atoms with van der Waals surface area (Å²) in [5, 5.41) is 5.99. The first kappa shape index (κ1) is 16.2. The van der Waals surface area contributed by atoms with Gasteiger partial charge in [-0.1, -0.05) is 6.07 Å². The number of aryl methyl sites for hydroxylation is 1. The molecular weight excluding hydrogens is 261 g/mol. The van der Waals surface area contributed by atoms with Crippen molar-refractivity contribution < 1.29 is 4.79 Å². The Morgan fingerprint density at radius 1 is 1.47 bits per heavy atom. The van der Waals surface area contributed by atoms with Crippen molar-refractivity contribution >= 4 is 36.5 Å². The fourth-order valence-corrected chi connectivity index (χ4v) is 1.65. The molecule has 4 nitrogen and oxygen atoms in total. The van der Waals surface area contributed by atoms with Gasteiger partial charge in [-0.05, 0) is 31.5 Å². The first-order chi connectivity index (χ1) is 7.25. The third-order valence-electron chi connectivity index (χ3n) is 2.59. The van der Waals surface area contributed by atoms with Crippen LogP contribution in [0, 0.1) is 12.8 Å². The number of nitrogens with zero attached hydrogens (tertiary/aromatic N) is 1. The Labute approximate surface area is 113 Å². The SMILES string of the molecule is Cc1ccc(NC(=O)C2CCNC2)nc1.Cl.Cl. The number of nitrogens with one attached hydrogen (secondary N) is 2. The fraction of sp³-hybridized carbons (Fsp3) is 0.455. The summed E-state index contributed by atoms with van der Waals surface area (Å²) >= 11 is 0. The lowest BCUT2D eigenvalue weighted by atomic mass is 10.1. The average Bonchev–Trinajstić information content (AvgIpc) is 2.74. The van der Waals surface area contributed by atoms with Gasteiger partial charge in [0, 0.05) is 12.7 Å². The lowest BCUT2D eigenvalue weighted by Gasteiger charge is -2.08.